The van der Waals surface area contributed by atoms with Gasteiger partial charge in [-0.2, -0.15) is 5.10 Å². The van der Waals surface area contributed by atoms with Gasteiger partial charge < -0.3 is 10.1 Å². The second kappa shape index (κ2) is 5.64. The number of hydrogen-bond donors (Lipinski definition) is 1. The molecule has 0 fully saturated rings. The van der Waals surface area contributed by atoms with Crippen LogP contribution in [-0.4, -0.2) is 21.9 Å². The molecular formula is C13H18N4O. The van der Waals surface area contributed by atoms with Crippen molar-refractivity contribution in [1.82, 2.24) is 20.1 Å². The number of hydrogen-bond acceptors (Lipinski definition) is 4. The highest BCUT2D eigenvalue weighted by molar-refractivity contribution is 5.35. The van der Waals surface area contributed by atoms with Crippen molar-refractivity contribution >= 4 is 0 Å². The first-order valence-corrected chi connectivity index (χ1v) is 5.91. The van der Waals surface area contributed by atoms with Crippen LogP contribution >= 0.6 is 0 Å². The monoisotopic (exact) mass is 246 g/mol. The van der Waals surface area contributed by atoms with Gasteiger partial charge >= 0.3 is 0 Å². The molecule has 0 saturated carbocycles. The number of aromatic nitrogens is 3. The Labute approximate surface area is 107 Å². The molecule has 0 bridgehead atoms. The van der Waals surface area contributed by atoms with E-state index in [4.69, 9.17) is 4.74 Å². The summed E-state index contributed by atoms with van der Waals surface area (Å²) in [7, 11) is 3.55. The summed E-state index contributed by atoms with van der Waals surface area (Å²) in [6, 6.07) is 8.18. The minimum Gasteiger partial charge on any atom is -0.496 e. The lowest BCUT2D eigenvalue weighted by Crippen LogP contribution is -2.19. The second-order valence-electron chi connectivity index (χ2n) is 4.18. The van der Waals surface area contributed by atoms with E-state index in [2.05, 4.69) is 28.4 Å². The Kier molecular flexibility index (Phi) is 3.94. The van der Waals surface area contributed by atoms with Gasteiger partial charge in [0.15, 0.2) is 5.82 Å². The van der Waals surface area contributed by atoms with Crippen molar-refractivity contribution in [2.24, 2.45) is 7.05 Å². The largest absolute Gasteiger partial charge is 0.496 e. The molecule has 1 N–H and O–H groups in total. The number of rotatable bonds is 5. The fraction of sp³-hybridized carbons (Fsp3) is 0.385. The van der Waals surface area contributed by atoms with Gasteiger partial charge in [-0.15, -0.1) is 0 Å². The molecule has 1 unspecified atom stereocenters. The first kappa shape index (κ1) is 12.6. The van der Waals surface area contributed by atoms with E-state index in [0.29, 0.717) is 6.54 Å². The van der Waals surface area contributed by atoms with E-state index in [-0.39, 0.29) is 6.04 Å². The fourth-order valence-electron chi connectivity index (χ4n) is 1.84. The normalized spacial score (nSPS) is 12.4. The lowest BCUT2D eigenvalue weighted by molar-refractivity contribution is 0.401. The van der Waals surface area contributed by atoms with Crippen LogP contribution < -0.4 is 10.1 Å². The average molecular weight is 246 g/mol. The van der Waals surface area contributed by atoms with Crippen molar-refractivity contribution in [2.75, 3.05) is 7.11 Å². The Morgan fingerprint density at radius 1 is 1.39 bits per heavy atom. The number of nitrogens with zero attached hydrogens (tertiary/aromatic N) is 3. The number of aryl methyl sites for hydroxylation is 1. The summed E-state index contributed by atoms with van der Waals surface area (Å²) >= 11 is 0. The molecule has 0 radical (unpaired) electrons. The molecule has 0 amide bonds. The Hall–Kier alpha value is -1.88. The van der Waals surface area contributed by atoms with Crippen molar-refractivity contribution in [2.45, 2.75) is 19.5 Å². The molecule has 0 spiro atoms. The molecule has 0 aliphatic carbocycles. The molecule has 2 aromatic rings. The molecule has 1 atom stereocenters. The summed E-state index contributed by atoms with van der Waals surface area (Å²) in [5.41, 5.74) is 1.14. The third-order valence-electron chi connectivity index (χ3n) is 2.82. The van der Waals surface area contributed by atoms with Gasteiger partial charge in [-0.05, 0) is 13.0 Å². The van der Waals surface area contributed by atoms with E-state index in [1.807, 2.05) is 25.2 Å². The van der Waals surface area contributed by atoms with E-state index in [1.165, 1.54) is 0 Å². The SMILES string of the molecule is COc1ccccc1C(C)NCc1ncn(C)n1. The lowest BCUT2D eigenvalue weighted by Gasteiger charge is -2.16. The first-order valence-electron chi connectivity index (χ1n) is 5.91. The Bertz CT molecular complexity index is 509. The molecule has 0 saturated heterocycles. The van der Waals surface area contributed by atoms with Crippen LogP contribution in [0.15, 0.2) is 30.6 Å². The third kappa shape index (κ3) is 2.87. The predicted molar refractivity (Wildman–Crippen MR) is 69.3 cm³/mol. The van der Waals surface area contributed by atoms with E-state index in [1.54, 1.807) is 18.1 Å². The summed E-state index contributed by atoms with van der Waals surface area (Å²) in [6.07, 6.45) is 1.70. The zero-order chi connectivity index (χ0) is 13.0. The van der Waals surface area contributed by atoms with Crippen molar-refractivity contribution < 1.29 is 4.74 Å². The van der Waals surface area contributed by atoms with Crippen LogP contribution in [0.1, 0.15) is 24.4 Å². The minimum absolute atomic E-state index is 0.185. The van der Waals surface area contributed by atoms with Gasteiger partial charge in [-0.3, -0.25) is 4.68 Å². The number of methoxy groups -OCH3 is 1. The lowest BCUT2D eigenvalue weighted by atomic mass is 10.1. The molecule has 5 heteroatoms. The van der Waals surface area contributed by atoms with Crippen molar-refractivity contribution in [1.29, 1.82) is 0 Å². The van der Waals surface area contributed by atoms with Crippen LogP contribution in [0.3, 0.4) is 0 Å². The zero-order valence-corrected chi connectivity index (χ0v) is 10.9. The van der Waals surface area contributed by atoms with Gasteiger partial charge in [0, 0.05) is 18.7 Å². The molecule has 1 aromatic heterocycles. The summed E-state index contributed by atoms with van der Waals surface area (Å²) in [6.45, 7) is 2.74. The summed E-state index contributed by atoms with van der Waals surface area (Å²) < 4.78 is 7.05. The predicted octanol–water partition coefficient (Wildman–Crippen LogP) is 1.67. The number of ether oxygens (including phenoxy) is 1. The van der Waals surface area contributed by atoms with E-state index in [9.17, 15) is 0 Å². The molecule has 0 aliphatic rings. The highest BCUT2D eigenvalue weighted by Crippen LogP contribution is 2.24. The van der Waals surface area contributed by atoms with Crippen molar-refractivity contribution in [3.63, 3.8) is 0 Å². The van der Waals surface area contributed by atoms with Crippen LogP contribution in [0.4, 0.5) is 0 Å². The summed E-state index contributed by atoms with van der Waals surface area (Å²) in [5.74, 6) is 1.69. The Morgan fingerprint density at radius 3 is 2.83 bits per heavy atom. The van der Waals surface area contributed by atoms with E-state index in [0.717, 1.165) is 17.1 Å². The minimum atomic E-state index is 0.185. The number of para-hydroxylation sites is 1. The standard InChI is InChI=1S/C13H18N4O/c1-10(11-6-4-5-7-12(11)18-3)14-8-13-15-9-17(2)16-13/h4-7,9-10,14H,8H2,1-3H3. The van der Waals surface area contributed by atoms with Gasteiger partial charge in [-0.25, -0.2) is 4.98 Å². The van der Waals surface area contributed by atoms with Crippen molar-refractivity contribution in [3.05, 3.63) is 42.0 Å². The van der Waals surface area contributed by atoms with Gasteiger partial charge in [-0.1, -0.05) is 18.2 Å². The molecule has 5 nitrogen and oxygen atoms in total. The van der Waals surface area contributed by atoms with E-state index < -0.39 is 0 Å². The average Bonchev–Trinajstić information content (AvgIpc) is 2.81. The molecule has 96 valence electrons. The Balaban J connectivity index is 2.01. The maximum absolute atomic E-state index is 5.35. The molecule has 1 heterocycles. The van der Waals surface area contributed by atoms with Gasteiger partial charge in [0.05, 0.1) is 13.7 Å². The van der Waals surface area contributed by atoms with Gasteiger partial charge in [0.1, 0.15) is 12.1 Å². The molecular weight excluding hydrogens is 228 g/mol. The highest BCUT2D eigenvalue weighted by Gasteiger charge is 2.10. The van der Waals surface area contributed by atoms with Crippen LogP contribution in [-0.2, 0) is 13.6 Å². The highest BCUT2D eigenvalue weighted by atomic mass is 16.5. The topological polar surface area (TPSA) is 52.0 Å². The van der Waals surface area contributed by atoms with Crippen LogP contribution in [0.5, 0.6) is 5.75 Å². The van der Waals surface area contributed by atoms with Gasteiger partial charge in [0.2, 0.25) is 0 Å². The number of nitrogens with one attached hydrogen (secondary N) is 1. The molecule has 18 heavy (non-hydrogen) atoms. The molecule has 0 aliphatic heterocycles. The van der Waals surface area contributed by atoms with E-state index >= 15 is 0 Å². The third-order valence-corrected chi connectivity index (χ3v) is 2.82. The fourth-order valence-corrected chi connectivity index (χ4v) is 1.84. The van der Waals surface area contributed by atoms with Crippen LogP contribution in [0, 0.1) is 0 Å². The summed E-state index contributed by atoms with van der Waals surface area (Å²) in [4.78, 5) is 4.18. The quantitative estimate of drug-likeness (QED) is 0.872. The summed E-state index contributed by atoms with van der Waals surface area (Å²) in [5, 5.41) is 7.62. The first-order chi connectivity index (χ1) is 8.70. The Morgan fingerprint density at radius 2 is 2.17 bits per heavy atom. The smallest absolute Gasteiger partial charge is 0.164 e. The number of benzene rings is 1. The van der Waals surface area contributed by atoms with Gasteiger partial charge in [0.25, 0.3) is 0 Å². The maximum atomic E-state index is 5.35. The zero-order valence-electron chi connectivity index (χ0n) is 10.9. The molecule has 2 rings (SSSR count). The van der Waals surface area contributed by atoms with Crippen LogP contribution in [0.2, 0.25) is 0 Å². The molecule has 1 aromatic carbocycles. The van der Waals surface area contributed by atoms with Crippen molar-refractivity contribution in [3.8, 4) is 5.75 Å². The van der Waals surface area contributed by atoms with Crippen LogP contribution in [0.25, 0.3) is 0 Å². The second-order valence-corrected chi connectivity index (χ2v) is 4.18. The maximum Gasteiger partial charge on any atom is 0.164 e.